The normalized spacial score (nSPS) is 17.9. The first-order valence-corrected chi connectivity index (χ1v) is 6.50. The van der Waals surface area contributed by atoms with Gasteiger partial charge in [0.2, 0.25) is 5.91 Å². The van der Waals surface area contributed by atoms with Gasteiger partial charge in [-0.25, -0.2) is 0 Å². The van der Waals surface area contributed by atoms with Crippen LogP contribution >= 0.6 is 0 Å². The van der Waals surface area contributed by atoms with Crippen molar-refractivity contribution in [2.24, 2.45) is 5.41 Å². The van der Waals surface area contributed by atoms with E-state index in [1.165, 1.54) is 25.7 Å². The average molecular weight is 241 g/mol. The van der Waals surface area contributed by atoms with Crippen molar-refractivity contribution in [3.63, 3.8) is 0 Å². The molecule has 0 bridgehead atoms. The van der Waals surface area contributed by atoms with Crippen molar-refractivity contribution < 1.29 is 14.7 Å². The second-order valence-electron chi connectivity index (χ2n) is 5.40. The van der Waals surface area contributed by atoms with Gasteiger partial charge in [0.15, 0.2) is 0 Å². The highest BCUT2D eigenvalue weighted by Crippen LogP contribution is 2.36. The summed E-state index contributed by atoms with van der Waals surface area (Å²) in [5, 5.41) is 11.4. The number of hydrogen-bond acceptors (Lipinski definition) is 2. The fourth-order valence-corrected chi connectivity index (χ4v) is 2.37. The Morgan fingerprint density at radius 3 is 2.35 bits per heavy atom. The number of carboxylic acids is 1. The fraction of sp³-hybridized carbons (Fsp3) is 0.846. The predicted molar refractivity (Wildman–Crippen MR) is 65.7 cm³/mol. The molecule has 0 spiro atoms. The highest BCUT2D eigenvalue weighted by atomic mass is 16.4. The van der Waals surface area contributed by atoms with E-state index in [1.54, 1.807) is 0 Å². The van der Waals surface area contributed by atoms with Gasteiger partial charge in [-0.15, -0.1) is 0 Å². The minimum absolute atomic E-state index is 0.0588. The molecule has 1 amide bonds. The molecule has 0 unspecified atom stereocenters. The van der Waals surface area contributed by atoms with Crippen molar-refractivity contribution in [2.45, 2.75) is 58.3 Å². The Kier molecular flexibility index (Phi) is 5.45. The molecule has 17 heavy (non-hydrogen) atoms. The van der Waals surface area contributed by atoms with E-state index in [1.807, 2.05) is 0 Å². The van der Waals surface area contributed by atoms with Gasteiger partial charge in [0.25, 0.3) is 0 Å². The Morgan fingerprint density at radius 2 is 1.76 bits per heavy atom. The average Bonchev–Trinajstić information content (AvgIpc) is 2.69. The molecule has 0 atom stereocenters. The van der Waals surface area contributed by atoms with Crippen molar-refractivity contribution in [3.05, 3.63) is 0 Å². The molecule has 0 saturated heterocycles. The third kappa shape index (κ3) is 5.71. The van der Waals surface area contributed by atoms with Crippen LogP contribution < -0.4 is 5.32 Å². The molecule has 0 aliphatic heterocycles. The van der Waals surface area contributed by atoms with Gasteiger partial charge in [0.1, 0.15) is 0 Å². The molecule has 0 aromatic rings. The number of carboxylic acid groups (broad SMARTS) is 1. The molecule has 4 heteroatoms. The van der Waals surface area contributed by atoms with Crippen LogP contribution in [0.1, 0.15) is 58.3 Å². The van der Waals surface area contributed by atoms with E-state index in [2.05, 4.69) is 12.2 Å². The smallest absolute Gasteiger partial charge is 0.303 e. The predicted octanol–water partition coefficient (Wildman–Crippen LogP) is 2.33. The van der Waals surface area contributed by atoms with Crippen LogP contribution in [0.25, 0.3) is 0 Å². The molecule has 0 heterocycles. The number of carbonyl (C=O) groups is 2. The summed E-state index contributed by atoms with van der Waals surface area (Å²) in [5.41, 5.74) is 0.288. The van der Waals surface area contributed by atoms with Crippen LogP contribution in [0, 0.1) is 5.41 Å². The van der Waals surface area contributed by atoms with Crippen LogP contribution in [0.4, 0.5) is 0 Å². The molecule has 1 aliphatic rings. The van der Waals surface area contributed by atoms with E-state index in [9.17, 15) is 9.59 Å². The Morgan fingerprint density at radius 1 is 1.18 bits per heavy atom. The number of nitrogens with one attached hydrogen (secondary N) is 1. The van der Waals surface area contributed by atoms with Crippen molar-refractivity contribution >= 4 is 11.9 Å². The minimum Gasteiger partial charge on any atom is -0.481 e. The molecule has 1 saturated carbocycles. The zero-order valence-corrected chi connectivity index (χ0v) is 10.6. The van der Waals surface area contributed by atoms with Crippen molar-refractivity contribution in [1.29, 1.82) is 0 Å². The van der Waals surface area contributed by atoms with E-state index in [0.29, 0.717) is 19.3 Å². The molecular weight excluding hydrogens is 218 g/mol. The van der Waals surface area contributed by atoms with Crippen LogP contribution in [0.15, 0.2) is 0 Å². The summed E-state index contributed by atoms with van der Waals surface area (Å²) in [5.74, 6) is -0.729. The maximum Gasteiger partial charge on any atom is 0.303 e. The topological polar surface area (TPSA) is 66.4 Å². The highest BCUT2D eigenvalue weighted by molar-refractivity contribution is 5.76. The molecule has 0 aromatic carbocycles. The lowest BCUT2D eigenvalue weighted by Gasteiger charge is -2.23. The third-order valence-corrected chi connectivity index (χ3v) is 3.57. The Bertz CT molecular complexity index is 270. The molecule has 0 radical (unpaired) electrons. The standard InChI is InChI=1S/C13H23NO3/c1-13(8-4-5-9-13)10-14-11(15)6-2-3-7-12(16)17/h2-10H2,1H3,(H,14,15)(H,16,17). The minimum atomic E-state index is -0.788. The number of rotatable bonds is 7. The van der Waals surface area contributed by atoms with E-state index < -0.39 is 5.97 Å². The largest absolute Gasteiger partial charge is 0.481 e. The number of aliphatic carboxylic acids is 1. The first-order chi connectivity index (χ1) is 8.02. The summed E-state index contributed by atoms with van der Waals surface area (Å²) >= 11 is 0. The fourth-order valence-electron chi connectivity index (χ4n) is 2.37. The number of amides is 1. The quantitative estimate of drug-likeness (QED) is 0.672. The Balaban J connectivity index is 2.06. The zero-order valence-electron chi connectivity index (χ0n) is 10.6. The van der Waals surface area contributed by atoms with Gasteiger partial charge in [-0.05, 0) is 31.1 Å². The van der Waals surface area contributed by atoms with Crippen LogP contribution in [-0.4, -0.2) is 23.5 Å². The lowest BCUT2D eigenvalue weighted by atomic mass is 9.89. The van der Waals surface area contributed by atoms with Crippen molar-refractivity contribution in [2.75, 3.05) is 6.54 Å². The summed E-state index contributed by atoms with van der Waals surface area (Å²) in [6.07, 6.45) is 6.79. The van der Waals surface area contributed by atoms with Gasteiger partial charge in [-0.2, -0.15) is 0 Å². The summed E-state index contributed by atoms with van der Waals surface area (Å²) < 4.78 is 0. The molecule has 98 valence electrons. The first-order valence-electron chi connectivity index (χ1n) is 6.50. The van der Waals surface area contributed by atoms with E-state index in [-0.39, 0.29) is 17.7 Å². The van der Waals surface area contributed by atoms with Gasteiger partial charge < -0.3 is 10.4 Å². The van der Waals surface area contributed by atoms with E-state index in [0.717, 1.165) is 6.54 Å². The maximum absolute atomic E-state index is 11.5. The van der Waals surface area contributed by atoms with Gasteiger partial charge in [-0.3, -0.25) is 9.59 Å². The molecule has 2 N–H and O–H groups in total. The summed E-state index contributed by atoms with van der Waals surface area (Å²) in [7, 11) is 0. The number of hydrogen-bond donors (Lipinski definition) is 2. The molecular formula is C13H23NO3. The van der Waals surface area contributed by atoms with Gasteiger partial charge in [-0.1, -0.05) is 19.8 Å². The highest BCUT2D eigenvalue weighted by Gasteiger charge is 2.28. The summed E-state index contributed by atoms with van der Waals surface area (Å²) in [6.45, 7) is 3.00. The van der Waals surface area contributed by atoms with Crippen LogP contribution in [0.3, 0.4) is 0 Å². The van der Waals surface area contributed by atoms with Crippen molar-refractivity contribution in [1.82, 2.24) is 5.32 Å². The SMILES string of the molecule is CC1(CNC(=O)CCCCC(=O)O)CCCC1. The lowest BCUT2D eigenvalue weighted by molar-refractivity contribution is -0.137. The van der Waals surface area contributed by atoms with Crippen molar-refractivity contribution in [3.8, 4) is 0 Å². The zero-order chi connectivity index (χ0) is 12.7. The monoisotopic (exact) mass is 241 g/mol. The second kappa shape index (κ2) is 6.62. The number of unbranched alkanes of at least 4 members (excludes halogenated alkanes) is 1. The van der Waals surface area contributed by atoms with Gasteiger partial charge in [0.05, 0.1) is 0 Å². The van der Waals surface area contributed by atoms with E-state index in [4.69, 9.17) is 5.11 Å². The summed E-state index contributed by atoms with van der Waals surface area (Å²) in [4.78, 5) is 21.8. The molecule has 4 nitrogen and oxygen atoms in total. The molecule has 0 aromatic heterocycles. The van der Waals surface area contributed by atoms with Gasteiger partial charge >= 0.3 is 5.97 Å². The van der Waals surface area contributed by atoms with Crippen LogP contribution in [-0.2, 0) is 9.59 Å². The Labute approximate surface area is 103 Å². The maximum atomic E-state index is 11.5. The van der Waals surface area contributed by atoms with Crippen LogP contribution in [0.2, 0.25) is 0 Å². The number of carbonyl (C=O) groups excluding carboxylic acids is 1. The molecule has 1 fully saturated rings. The van der Waals surface area contributed by atoms with Gasteiger partial charge in [0, 0.05) is 19.4 Å². The van der Waals surface area contributed by atoms with E-state index >= 15 is 0 Å². The third-order valence-electron chi connectivity index (χ3n) is 3.57. The molecule has 1 aliphatic carbocycles. The second-order valence-corrected chi connectivity index (χ2v) is 5.40. The van der Waals surface area contributed by atoms with Crippen LogP contribution in [0.5, 0.6) is 0 Å². The summed E-state index contributed by atoms with van der Waals surface area (Å²) in [6, 6.07) is 0. The Hall–Kier alpha value is -1.06. The lowest BCUT2D eigenvalue weighted by Crippen LogP contribution is -2.33. The first kappa shape index (κ1) is 14.0. The molecule has 1 rings (SSSR count).